The first kappa shape index (κ1) is 27.5. The van der Waals surface area contributed by atoms with Gasteiger partial charge in [0.25, 0.3) is 0 Å². The van der Waals surface area contributed by atoms with Crippen LogP contribution in [-0.4, -0.2) is 42.1 Å². The van der Waals surface area contributed by atoms with Crippen molar-refractivity contribution in [1.29, 1.82) is 0 Å². The van der Waals surface area contributed by atoms with Crippen LogP contribution in [0.5, 0.6) is 0 Å². The Bertz CT molecular complexity index is 886. The van der Waals surface area contributed by atoms with Crippen molar-refractivity contribution in [3.8, 4) is 0 Å². The summed E-state index contributed by atoms with van der Waals surface area (Å²) in [4.78, 5) is 11.5. The van der Waals surface area contributed by atoms with E-state index in [0.717, 1.165) is 42.1 Å². The Morgan fingerprint density at radius 2 is 1.59 bits per heavy atom. The molecular weight excluding hydrogens is 392 g/mol. The van der Waals surface area contributed by atoms with E-state index in [9.17, 15) is 0 Å². The molecule has 4 heteroatoms. The molecule has 0 aliphatic carbocycles. The van der Waals surface area contributed by atoms with Crippen molar-refractivity contribution in [2.75, 3.05) is 27.2 Å². The average Bonchev–Trinajstić information content (AvgIpc) is 2.79. The summed E-state index contributed by atoms with van der Waals surface area (Å²) in [5, 5.41) is 4.20. The summed E-state index contributed by atoms with van der Waals surface area (Å²) in [6, 6.07) is 18.5. The second-order valence-electron chi connectivity index (χ2n) is 7.92. The molecule has 2 aromatic carbocycles. The van der Waals surface area contributed by atoms with Crippen molar-refractivity contribution in [3.05, 3.63) is 77.8 Å². The summed E-state index contributed by atoms with van der Waals surface area (Å²) < 4.78 is 0. The number of benzene rings is 2. The van der Waals surface area contributed by atoms with Gasteiger partial charge < -0.3 is 5.32 Å². The monoisotopic (exact) mass is 434 g/mol. The quantitative estimate of drug-likeness (QED) is 0.411. The number of rotatable bonds is 8. The van der Waals surface area contributed by atoms with Gasteiger partial charge in [-0.05, 0) is 45.6 Å². The molecule has 32 heavy (non-hydrogen) atoms. The highest BCUT2D eigenvalue weighted by Crippen LogP contribution is 2.15. The summed E-state index contributed by atoms with van der Waals surface area (Å²) in [6.45, 7) is 11.3. The highest BCUT2D eigenvalue weighted by atomic mass is 15.1. The number of aromatic nitrogens is 2. The third-order valence-corrected chi connectivity index (χ3v) is 4.56. The van der Waals surface area contributed by atoms with E-state index in [-0.39, 0.29) is 0 Å². The van der Waals surface area contributed by atoms with Crippen LogP contribution in [0.25, 0.3) is 17.0 Å². The average molecular weight is 435 g/mol. The Morgan fingerprint density at radius 3 is 2.22 bits per heavy atom. The fourth-order valence-electron chi connectivity index (χ4n) is 2.96. The van der Waals surface area contributed by atoms with Crippen LogP contribution in [-0.2, 0) is 6.54 Å². The zero-order valence-corrected chi connectivity index (χ0v) is 20.9. The summed E-state index contributed by atoms with van der Waals surface area (Å²) in [7, 11) is 4.07. The van der Waals surface area contributed by atoms with Gasteiger partial charge in [-0.1, -0.05) is 94.3 Å². The van der Waals surface area contributed by atoms with Crippen LogP contribution in [0.1, 0.15) is 57.1 Å². The van der Waals surface area contributed by atoms with Crippen molar-refractivity contribution >= 4 is 17.0 Å². The summed E-state index contributed by atoms with van der Waals surface area (Å²) >= 11 is 0. The molecule has 3 rings (SSSR count). The maximum absolute atomic E-state index is 4.67. The van der Waals surface area contributed by atoms with Crippen LogP contribution >= 0.6 is 0 Å². The van der Waals surface area contributed by atoms with E-state index in [1.54, 1.807) is 0 Å². The van der Waals surface area contributed by atoms with E-state index in [2.05, 4.69) is 90.5 Å². The predicted octanol–water partition coefficient (Wildman–Crippen LogP) is 6.51. The molecule has 0 aliphatic rings. The van der Waals surface area contributed by atoms with Gasteiger partial charge in [-0.25, -0.2) is 9.97 Å². The zero-order valence-electron chi connectivity index (χ0n) is 20.9. The molecule has 1 N–H and O–H groups in total. The molecule has 0 amide bonds. The smallest absolute Gasteiger partial charge is 0.143 e. The lowest BCUT2D eigenvalue weighted by Gasteiger charge is -2.14. The van der Waals surface area contributed by atoms with E-state index in [4.69, 9.17) is 0 Å². The number of hydrogen-bond acceptors (Lipinski definition) is 4. The Kier molecular flexibility index (Phi) is 14.6. The van der Waals surface area contributed by atoms with Crippen molar-refractivity contribution < 1.29 is 0 Å². The van der Waals surface area contributed by atoms with Crippen LogP contribution in [0.15, 0.2) is 60.7 Å². The molecule has 0 saturated heterocycles. The highest BCUT2D eigenvalue weighted by molar-refractivity contribution is 5.80. The first-order valence-corrected chi connectivity index (χ1v) is 11.8. The minimum Gasteiger partial charge on any atom is -0.320 e. The highest BCUT2D eigenvalue weighted by Gasteiger charge is 2.06. The summed E-state index contributed by atoms with van der Waals surface area (Å²) in [5.41, 5.74) is 3.28. The number of hydrogen-bond donors (Lipinski definition) is 1. The van der Waals surface area contributed by atoms with Gasteiger partial charge in [0.15, 0.2) is 0 Å². The number of likely N-dealkylation sites (N-methyl/N-ethyl adjacent to an activating group) is 1. The molecule has 1 heterocycles. The third kappa shape index (κ3) is 11.2. The number of nitrogens with zero attached hydrogens (tertiary/aromatic N) is 3. The standard InChI is InChI=1S/C20H21N3.C5H13N.C3H8/c1-16-18-12-6-7-13-19(18)22-20(21-16)15-23(2)14-8-11-17-9-4-3-5-10-17;1-3-4-5-6-2;1-3-2/h3-13H,14-15H2,1-2H3;6H,3-5H2,1-2H3;3H2,1-2H3/b11-8+;;. The second kappa shape index (κ2) is 17.0. The minimum absolute atomic E-state index is 0.741. The number of nitrogens with one attached hydrogen (secondary N) is 1. The SMILES string of the molecule is CCC.CCCCNC.Cc1nc(CN(C)C/C=C/c2ccccc2)nc2ccccc12. The fourth-order valence-corrected chi connectivity index (χ4v) is 2.96. The molecule has 0 spiro atoms. The van der Waals surface area contributed by atoms with Crippen molar-refractivity contribution in [2.45, 2.75) is 53.5 Å². The van der Waals surface area contributed by atoms with Gasteiger partial charge in [0, 0.05) is 17.6 Å². The number of fused-ring (bicyclic) bond motifs is 1. The van der Waals surface area contributed by atoms with Gasteiger partial charge >= 0.3 is 0 Å². The normalized spacial score (nSPS) is 10.6. The zero-order chi connectivity index (χ0) is 23.6. The molecule has 0 bridgehead atoms. The van der Waals surface area contributed by atoms with Crippen LogP contribution in [0.3, 0.4) is 0 Å². The van der Waals surface area contributed by atoms with E-state index < -0.39 is 0 Å². The number of unbranched alkanes of at least 4 members (excludes halogenated alkanes) is 1. The van der Waals surface area contributed by atoms with E-state index in [1.807, 2.05) is 38.2 Å². The molecule has 0 unspecified atom stereocenters. The lowest BCUT2D eigenvalue weighted by atomic mass is 10.2. The summed E-state index contributed by atoms with van der Waals surface area (Å²) in [5.74, 6) is 0.872. The van der Waals surface area contributed by atoms with Gasteiger partial charge in [0.1, 0.15) is 5.82 Å². The van der Waals surface area contributed by atoms with Gasteiger partial charge in [0.05, 0.1) is 12.1 Å². The first-order valence-electron chi connectivity index (χ1n) is 11.8. The molecule has 0 aliphatic heterocycles. The number of para-hydroxylation sites is 1. The molecule has 3 aromatic rings. The van der Waals surface area contributed by atoms with E-state index >= 15 is 0 Å². The predicted molar refractivity (Wildman–Crippen MR) is 141 cm³/mol. The Morgan fingerprint density at radius 1 is 0.938 bits per heavy atom. The molecule has 174 valence electrons. The van der Waals surface area contributed by atoms with E-state index in [1.165, 1.54) is 24.8 Å². The van der Waals surface area contributed by atoms with Gasteiger partial charge in [-0.2, -0.15) is 0 Å². The van der Waals surface area contributed by atoms with E-state index in [0.29, 0.717) is 0 Å². The van der Waals surface area contributed by atoms with Gasteiger partial charge in [-0.3, -0.25) is 4.90 Å². The van der Waals surface area contributed by atoms with Crippen molar-refractivity contribution in [3.63, 3.8) is 0 Å². The lowest BCUT2D eigenvalue weighted by molar-refractivity contribution is 0.354. The molecule has 1 aromatic heterocycles. The maximum Gasteiger partial charge on any atom is 0.143 e. The molecule has 0 fully saturated rings. The van der Waals surface area contributed by atoms with Crippen LogP contribution < -0.4 is 5.32 Å². The topological polar surface area (TPSA) is 41.1 Å². The van der Waals surface area contributed by atoms with Gasteiger partial charge in [0.2, 0.25) is 0 Å². The lowest BCUT2D eigenvalue weighted by Crippen LogP contribution is -2.19. The van der Waals surface area contributed by atoms with Crippen LogP contribution in [0, 0.1) is 6.92 Å². The number of aryl methyl sites for hydroxylation is 1. The molecule has 0 radical (unpaired) electrons. The Balaban J connectivity index is 0.000000486. The third-order valence-electron chi connectivity index (χ3n) is 4.56. The maximum atomic E-state index is 4.67. The van der Waals surface area contributed by atoms with Crippen molar-refractivity contribution in [2.24, 2.45) is 0 Å². The second-order valence-corrected chi connectivity index (χ2v) is 7.92. The van der Waals surface area contributed by atoms with Crippen LogP contribution in [0.2, 0.25) is 0 Å². The Labute approximate surface area is 195 Å². The van der Waals surface area contributed by atoms with Crippen molar-refractivity contribution in [1.82, 2.24) is 20.2 Å². The molecular formula is C28H42N4. The van der Waals surface area contributed by atoms with Crippen LogP contribution in [0.4, 0.5) is 0 Å². The molecule has 0 saturated carbocycles. The minimum atomic E-state index is 0.741. The first-order chi connectivity index (χ1) is 15.5. The largest absolute Gasteiger partial charge is 0.320 e. The fraction of sp³-hybridized carbons (Fsp3) is 0.429. The molecule has 4 nitrogen and oxygen atoms in total. The Hall–Kier alpha value is -2.56. The summed E-state index contributed by atoms with van der Waals surface area (Å²) in [6.07, 6.45) is 8.16. The molecule has 0 atom stereocenters. The van der Waals surface area contributed by atoms with Gasteiger partial charge in [-0.15, -0.1) is 0 Å².